The fourth-order valence-electron chi connectivity index (χ4n) is 4.67. The zero-order chi connectivity index (χ0) is 23.9. The Kier molecular flexibility index (Phi) is 5.62. The lowest BCUT2D eigenvalue weighted by molar-refractivity contribution is 0.414. The Morgan fingerprint density at radius 2 is 1.80 bits per heavy atom. The smallest absolute Gasteiger partial charge is 0.283 e. The van der Waals surface area contributed by atoms with Gasteiger partial charge in [0.2, 0.25) is 4.80 Å². The first-order valence-corrected chi connectivity index (χ1v) is 13.3. The van der Waals surface area contributed by atoms with Gasteiger partial charge in [0.1, 0.15) is 16.4 Å². The fraction of sp³-hybridized carbons (Fsp3) is 0.222. The molecule has 0 N–H and O–H groups in total. The van der Waals surface area contributed by atoms with E-state index in [4.69, 9.17) is 14.8 Å². The summed E-state index contributed by atoms with van der Waals surface area (Å²) >= 11 is 3.17. The van der Waals surface area contributed by atoms with E-state index in [0.29, 0.717) is 10.6 Å². The van der Waals surface area contributed by atoms with Crippen LogP contribution in [0, 0.1) is 6.92 Å². The Hall–Kier alpha value is -3.49. The molecule has 6 nitrogen and oxygen atoms in total. The first-order chi connectivity index (χ1) is 17.1. The standard InChI is InChI=1S/C27H24N4O2S2/c1-17-28-25-24(21-10-6-7-11-23(21)35-25)26(32)31(17)29-27-30(19-12-14-20(33-2)15-13-19)22(16-34-27)18-8-4-3-5-9-18/h3-5,8-9,12-16H,6-7,10-11H2,1-2H3/b29-27-. The van der Waals surface area contributed by atoms with E-state index < -0.39 is 0 Å². The monoisotopic (exact) mass is 500 g/mol. The van der Waals surface area contributed by atoms with Gasteiger partial charge in [0.15, 0.2) is 0 Å². The van der Waals surface area contributed by atoms with Crippen molar-refractivity contribution in [3.05, 3.63) is 91.4 Å². The molecule has 0 saturated carbocycles. The van der Waals surface area contributed by atoms with Gasteiger partial charge in [-0.05, 0) is 68.0 Å². The number of aromatic nitrogens is 3. The van der Waals surface area contributed by atoms with Crippen LogP contribution in [0.25, 0.3) is 27.2 Å². The largest absolute Gasteiger partial charge is 0.497 e. The quantitative estimate of drug-likeness (QED) is 0.326. The van der Waals surface area contributed by atoms with Crippen molar-refractivity contribution in [3.8, 4) is 22.7 Å². The molecule has 5 aromatic rings. The normalized spacial score (nSPS) is 13.8. The highest BCUT2D eigenvalue weighted by Gasteiger charge is 2.21. The highest BCUT2D eigenvalue weighted by atomic mass is 32.1. The number of rotatable bonds is 4. The third-order valence-electron chi connectivity index (χ3n) is 6.42. The number of nitrogens with zero attached hydrogens (tertiary/aromatic N) is 4. The molecule has 6 rings (SSSR count). The van der Waals surface area contributed by atoms with Crippen LogP contribution >= 0.6 is 22.7 Å². The molecule has 0 spiro atoms. The molecule has 0 unspecified atom stereocenters. The molecule has 0 radical (unpaired) electrons. The molecule has 0 atom stereocenters. The molecule has 0 bridgehead atoms. The Labute approximate surface area is 210 Å². The molecule has 2 aromatic carbocycles. The topological polar surface area (TPSA) is 61.4 Å². The molecule has 3 heterocycles. The summed E-state index contributed by atoms with van der Waals surface area (Å²) in [4.78, 5) is 21.3. The molecule has 1 aliphatic rings. The zero-order valence-corrected chi connectivity index (χ0v) is 21.2. The number of ether oxygens (including phenoxy) is 1. The second kappa shape index (κ2) is 8.94. The summed E-state index contributed by atoms with van der Waals surface area (Å²) in [5.41, 5.74) is 4.12. The lowest BCUT2D eigenvalue weighted by Gasteiger charge is -2.11. The van der Waals surface area contributed by atoms with Gasteiger partial charge in [-0.2, -0.15) is 4.68 Å². The molecule has 35 heavy (non-hydrogen) atoms. The lowest BCUT2D eigenvalue weighted by Crippen LogP contribution is -2.25. The fourth-order valence-corrected chi connectivity index (χ4v) is 6.87. The van der Waals surface area contributed by atoms with Gasteiger partial charge in [0, 0.05) is 15.9 Å². The number of fused-ring (bicyclic) bond motifs is 3. The number of thiophene rings is 1. The van der Waals surface area contributed by atoms with Crippen LogP contribution in [0.5, 0.6) is 5.75 Å². The van der Waals surface area contributed by atoms with E-state index in [9.17, 15) is 4.79 Å². The molecule has 0 aliphatic heterocycles. The van der Waals surface area contributed by atoms with Gasteiger partial charge in [-0.1, -0.05) is 30.3 Å². The first-order valence-electron chi connectivity index (χ1n) is 11.6. The molecule has 1 aliphatic carbocycles. The van der Waals surface area contributed by atoms with E-state index in [2.05, 4.69) is 22.1 Å². The summed E-state index contributed by atoms with van der Waals surface area (Å²) < 4.78 is 8.91. The van der Waals surface area contributed by atoms with Crippen molar-refractivity contribution in [3.63, 3.8) is 0 Å². The molecule has 0 amide bonds. The van der Waals surface area contributed by atoms with Crippen LogP contribution in [-0.2, 0) is 12.8 Å². The van der Waals surface area contributed by atoms with Crippen molar-refractivity contribution < 1.29 is 4.74 Å². The van der Waals surface area contributed by atoms with E-state index in [1.54, 1.807) is 18.4 Å². The number of aryl methyl sites for hydroxylation is 3. The van der Waals surface area contributed by atoms with Crippen LogP contribution < -0.4 is 15.1 Å². The third kappa shape index (κ3) is 3.83. The Morgan fingerprint density at radius 1 is 1.03 bits per heavy atom. The van der Waals surface area contributed by atoms with E-state index >= 15 is 0 Å². The maximum absolute atomic E-state index is 13.7. The van der Waals surface area contributed by atoms with Gasteiger partial charge in [-0.3, -0.25) is 9.36 Å². The van der Waals surface area contributed by atoms with Crippen LogP contribution in [0.15, 0.2) is 69.9 Å². The van der Waals surface area contributed by atoms with Gasteiger partial charge >= 0.3 is 0 Å². The van der Waals surface area contributed by atoms with Crippen molar-refractivity contribution in [1.29, 1.82) is 0 Å². The Balaban J connectivity index is 1.60. The summed E-state index contributed by atoms with van der Waals surface area (Å²) in [6, 6.07) is 18.1. The van der Waals surface area contributed by atoms with Gasteiger partial charge in [0.25, 0.3) is 5.56 Å². The summed E-state index contributed by atoms with van der Waals surface area (Å²) in [6.45, 7) is 1.85. The summed E-state index contributed by atoms with van der Waals surface area (Å²) in [6.07, 6.45) is 4.27. The Morgan fingerprint density at radius 3 is 2.57 bits per heavy atom. The molecule has 0 fully saturated rings. The number of hydrogen-bond acceptors (Lipinski definition) is 6. The molecular formula is C27H24N4O2S2. The number of benzene rings is 2. The predicted octanol–water partition coefficient (Wildman–Crippen LogP) is 5.54. The molecule has 8 heteroatoms. The number of thiazole rings is 1. The van der Waals surface area contributed by atoms with Crippen LogP contribution in [0.1, 0.15) is 29.1 Å². The minimum absolute atomic E-state index is 0.0807. The predicted molar refractivity (Wildman–Crippen MR) is 142 cm³/mol. The van der Waals surface area contributed by atoms with Crippen molar-refractivity contribution in [2.24, 2.45) is 5.10 Å². The van der Waals surface area contributed by atoms with E-state index in [0.717, 1.165) is 52.2 Å². The van der Waals surface area contributed by atoms with Gasteiger partial charge in [-0.25, -0.2) is 4.98 Å². The van der Waals surface area contributed by atoms with Crippen LogP contribution in [0.2, 0.25) is 0 Å². The van der Waals surface area contributed by atoms with E-state index in [1.807, 2.05) is 49.4 Å². The summed E-state index contributed by atoms with van der Waals surface area (Å²) in [5, 5.41) is 7.71. The molecular weight excluding hydrogens is 476 g/mol. The summed E-state index contributed by atoms with van der Waals surface area (Å²) in [5.74, 6) is 1.38. The lowest BCUT2D eigenvalue weighted by atomic mass is 9.97. The minimum Gasteiger partial charge on any atom is -0.497 e. The highest BCUT2D eigenvalue weighted by molar-refractivity contribution is 7.18. The zero-order valence-electron chi connectivity index (χ0n) is 19.5. The van der Waals surface area contributed by atoms with Gasteiger partial charge < -0.3 is 4.74 Å². The number of hydrogen-bond donors (Lipinski definition) is 0. The maximum Gasteiger partial charge on any atom is 0.283 e. The molecule has 3 aromatic heterocycles. The summed E-state index contributed by atoms with van der Waals surface area (Å²) in [7, 11) is 1.66. The Bertz CT molecular complexity index is 1660. The average molecular weight is 501 g/mol. The SMILES string of the molecule is COc1ccc(-n2c(-c3ccccc3)cs/c2=N\n2c(C)nc3sc4c(c3c2=O)CCCC4)cc1. The van der Waals surface area contributed by atoms with Gasteiger partial charge in [-0.15, -0.1) is 27.8 Å². The number of methoxy groups -OCH3 is 1. The van der Waals surface area contributed by atoms with Crippen molar-refractivity contribution in [2.45, 2.75) is 32.6 Å². The first kappa shape index (κ1) is 22.0. The van der Waals surface area contributed by atoms with Crippen molar-refractivity contribution in [2.75, 3.05) is 7.11 Å². The van der Waals surface area contributed by atoms with Crippen molar-refractivity contribution >= 4 is 32.9 Å². The minimum atomic E-state index is -0.0807. The van der Waals surface area contributed by atoms with Gasteiger partial charge in [0.05, 0.1) is 18.2 Å². The average Bonchev–Trinajstić information content (AvgIpc) is 3.48. The second-order valence-corrected chi connectivity index (χ2v) is 10.5. The van der Waals surface area contributed by atoms with Crippen LogP contribution in [-0.4, -0.2) is 21.3 Å². The highest BCUT2D eigenvalue weighted by Crippen LogP contribution is 2.33. The third-order valence-corrected chi connectivity index (χ3v) is 8.42. The van der Waals surface area contributed by atoms with E-state index in [1.165, 1.54) is 32.9 Å². The van der Waals surface area contributed by atoms with E-state index in [-0.39, 0.29) is 5.56 Å². The molecule has 176 valence electrons. The second-order valence-electron chi connectivity index (χ2n) is 8.57. The van der Waals surface area contributed by atoms with Crippen LogP contribution in [0.3, 0.4) is 0 Å². The maximum atomic E-state index is 13.7. The van der Waals surface area contributed by atoms with Crippen molar-refractivity contribution in [1.82, 2.24) is 14.2 Å². The van der Waals surface area contributed by atoms with Crippen LogP contribution in [0.4, 0.5) is 0 Å². The molecule has 0 saturated heterocycles.